The third kappa shape index (κ3) is 15.1. The van der Waals surface area contributed by atoms with E-state index in [0.29, 0.717) is 6.54 Å². The molecule has 0 spiro atoms. The van der Waals surface area contributed by atoms with Gasteiger partial charge < -0.3 is 30.6 Å². The lowest BCUT2D eigenvalue weighted by Crippen LogP contribution is -2.34. The van der Waals surface area contributed by atoms with Gasteiger partial charge in [0.05, 0.1) is 39.8 Å². The van der Waals surface area contributed by atoms with Crippen molar-refractivity contribution >= 4 is 5.97 Å². The van der Waals surface area contributed by atoms with E-state index in [2.05, 4.69) is 0 Å². The molecule has 0 fully saturated rings. The zero-order valence-corrected chi connectivity index (χ0v) is 10.8. The predicted octanol–water partition coefficient (Wildman–Crippen LogP) is -3.46. The molecule has 116 valence electrons. The van der Waals surface area contributed by atoms with Crippen molar-refractivity contribution in [1.29, 1.82) is 0 Å². The van der Waals surface area contributed by atoms with Crippen LogP contribution < -0.4 is 0 Å². The van der Waals surface area contributed by atoms with Gasteiger partial charge in [0, 0.05) is 19.6 Å². The Balaban J connectivity index is 0. The van der Waals surface area contributed by atoms with E-state index in [-0.39, 0.29) is 52.9 Å². The number of nitrogens with zero attached hydrogens (tertiary/aromatic N) is 2. The van der Waals surface area contributed by atoms with Gasteiger partial charge in [0.2, 0.25) is 0 Å². The van der Waals surface area contributed by atoms with E-state index in [0.717, 1.165) is 0 Å². The fourth-order valence-corrected chi connectivity index (χ4v) is 1.07. The number of carbonyl (C=O) groups is 1. The Kier molecular flexibility index (Phi) is 16.5. The number of hydrogen-bond donors (Lipinski definition) is 6. The number of rotatable bonds is 10. The van der Waals surface area contributed by atoms with Crippen molar-refractivity contribution in [2.24, 2.45) is 0 Å². The molecular weight excluding hydrogens is 260 g/mol. The number of carboxylic acids is 1. The topological polar surface area (TPSA) is 145 Å². The van der Waals surface area contributed by atoms with Crippen LogP contribution in [0.3, 0.4) is 0 Å². The molecule has 0 aliphatic heterocycles. The van der Waals surface area contributed by atoms with Crippen molar-refractivity contribution in [2.75, 3.05) is 59.5 Å². The molecule has 0 amide bonds. The normalized spacial score (nSPS) is 10.5. The van der Waals surface area contributed by atoms with Crippen LogP contribution in [0.15, 0.2) is 0 Å². The Morgan fingerprint density at radius 1 is 0.737 bits per heavy atom. The summed E-state index contributed by atoms with van der Waals surface area (Å²) in [6.45, 7) is 0.101. The summed E-state index contributed by atoms with van der Waals surface area (Å²) in [5, 5.41) is 50.1. The Morgan fingerprint density at radius 3 is 1.32 bits per heavy atom. The number of aliphatic hydroxyl groups is 5. The van der Waals surface area contributed by atoms with Crippen LogP contribution in [0.25, 0.3) is 0 Å². The molecule has 0 unspecified atom stereocenters. The first-order chi connectivity index (χ1) is 9.05. The second-order valence-corrected chi connectivity index (χ2v) is 3.52. The first kappa shape index (κ1) is 20.5. The fourth-order valence-electron chi connectivity index (χ4n) is 1.07. The molecule has 0 rings (SSSR count). The first-order valence-corrected chi connectivity index (χ1v) is 5.76. The van der Waals surface area contributed by atoms with Gasteiger partial charge in [-0.2, -0.15) is 0 Å². The van der Waals surface area contributed by atoms with Crippen molar-refractivity contribution in [2.45, 2.75) is 0 Å². The number of hydrogen-bond acceptors (Lipinski definition) is 8. The van der Waals surface area contributed by atoms with Gasteiger partial charge in [-0.15, -0.1) is 0 Å². The molecule has 0 aromatic heterocycles. The largest absolute Gasteiger partial charge is 0.480 e. The monoisotopic (exact) mass is 284 g/mol. The third-order valence-electron chi connectivity index (χ3n) is 2.01. The van der Waals surface area contributed by atoms with E-state index < -0.39 is 5.97 Å². The standard InChI is InChI=1S/C6H13NO4.C4H11NO3/c8-3-1-7(2-4-9)5-6(10)11;6-2-1-5(3-7)4-8/h8-9H,1-5H2,(H,10,11);6-8H,1-4H2. The van der Waals surface area contributed by atoms with Crippen LogP contribution in [0.2, 0.25) is 0 Å². The summed E-state index contributed by atoms with van der Waals surface area (Å²) in [6.07, 6.45) is 0. The van der Waals surface area contributed by atoms with Crippen molar-refractivity contribution < 1.29 is 35.4 Å². The summed E-state index contributed by atoms with van der Waals surface area (Å²) >= 11 is 0. The zero-order chi connectivity index (χ0) is 15.1. The van der Waals surface area contributed by atoms with Crippen LogP contribution in [0.5, 0.6) is 0 Å². The quantitative estimate of drug-likeness (QED) is 0.225. The number of carboxylic acid groups (broad SMARTS) is 1. The van der Waals surface area contributed by atoms with Gasteiger partial charge in [-0.1, -0.05) is 0 Å². The van der Waals surface area contributed by atoms with Crippen molar-refractivity contribution in [3.63, 3.8) is 0 Å². The van der Waals surface area contributed by atoms with Gasteiger partial charge in [0.1, 0.15) is 0 Å². The molecule has 0 aliphatic carbocycles. The van der Waals surface area contributed by atoms with Gasteiger partial charge in [-0.3, -0.25) is 14.6 Å². The summed E-state index contributed by atoms with van der Waals surface area (Å²) in [7, 11) is 0. The lowest BCUT2D eigenvalue weighted by atomic mass is 10.4. The van der Waals surface area contributed by atoms with Crippen molar-refractivity contribution in [1.82, 2.24) is 9.80 Å². The van der Waals surface area contributed by atoms with E-state index in [9.17, 15) is 4.79 Å². The highest BCUT2D eigenvalue weighted by molar-refractivity contribution is 5.69. The molecule has 19 heavy (non-hydrogen) atoms. The third-order valence-corrected chi connectivity index (χ3v) is 2.01. The minimum Gasteiger partial charge on any atom is -0.480 e. The lowest BCUT2D eigenvalue weighted by molar-refractivity contribution is -0.138. The Labute approximate surface area is 111 Å². The zero-order valence-electron chi connectivity index (χ0n) is 10.8. The predicted molar refractivity (Wildman–Crippen MR) is 66.2 cm³/mol. The second-order valence-electron chi connectivity index (χ2n) is 3.52. The average Bonchev–Trinajstić information content (AvgIpc) is 2.36. The molecule has 9 heteroatoms. The molecule has 0 aromatic rings. The van der Waals surface area contributed by atoms with Crippen LogP contribution in [-0.4, -0.2) is 106 Å². The summed E-state index contributed by atoms with van der Waals surface area (Å²) in [5.74, 6) is -0.952. The molecule has 0 saturated carbocycles. The van der Waals surface area contributed by atoms with E-state index in [1.165, 1.54) is 9.80 Å². The molecule has 9 nitrogen and oxygen atoms in total. The van der Waals surface area contributed by atoms with Gasteiger partial charge in [-0.05, 0) is 0 Å². The number of aliphatic hydroxyl groups excluding tert-OH is 5. The summed E-state index contributed by atoms with van der Waals surface area (Å²) in [5.41, 5.74) is 0. The summed E-state index contributed by atoms with van der Waals surface area (Å²) in [4.78, 5) is 12.9. The molecule has 6 N–H and O–H groups in total. The molecule has 0 aliphatic rings. The van der Waals surface area contributed by atoms with E-state index in [1.807, 2.05) is 0 Å². The van der Waals surface area contributed by atoms with Crippen LogP contribution in [0.4, 0.5) is 0 Å². The minimum absolute atomic E-state index is 0.0406. The maximum absolute atomic E-state index is 10.2. The van der Waals surface area contributed by atoms with E-state index in [1.54, 1.807) is 0 Å². The van der Waals surface area contributed by atoms with Gasteiger partial charge >= 0.3 is 5.97 Å². The highest BCUT2D eigenvalue weighted by atomic mass is 16.4. The van der Waals surface area contributed by atoms with Crippen molar-refractivity contribution in [3.8, 4) is 0 Å². The molecule has 0 bridgehead atoms. The summed E-state index contributed by atoms with van der Waals surface area (Å²) in [6, 6.07) is 0. The molecule has 0 aromatic carbocycles. The van der Waals surface area contributed by atoms with Crippen LogP contribution in [0, 0.1) is 0 Å². The number of aliphatic carboxylic acids is 1. The van der Waals surface area contributed by atoms with Gasteiger partial charge in [0.15, 0.2) is 0 Å². The van der Waals surface area contributed by atoms with Gasteiger partial charge in [0.25, 0.3) is 0 Å². The lowest BCUT2D eigenvalue weighted by Gasteiger charge is -2.16. The van der Waals surface area contributed by atoms with E-state index in [4.69, 9.17) is 30.6 Å². The first-order valence-electron chi connectivity index (χ1n) is 5.76. The SMILES string of the molecule is O=C(O)CN(CCO)CCO.OCCN(CO)CO. The summed E-state index contributed by atoms with van der Waals surface area (Å²) < 4.78 is 0. The molecule has 0 atom stereocenters. The van der Waals surface area contributed by atoms with Crippen LogP contribution >= 0.6 is 0 Å². The highest BCUT2D eigenvalue weighted by Gasteiger charge is 2.06. The highest BCUT2D eigenvalue weighted by Crippen LogP contribution is 1.85. The van der Waals surface area contributed by atoms with Crippen LogP contribution in [-0.2, 0) is 4.79 Å². The Morgan fingerprint density at radius 2 is 1.11 bits per heavy atom. The van der Waals surface area contributed by atoms with Crippen molar-refractivity contribution in [3.05, 3.63) is 0 Å². The van der Waals surface area contributed by atoms with Gasteiger partial charge in [-0.25, -0.2) is 0 Å². The van der Waals surface area contributed by atoms with Crippen LogP contribution in [0.1, 0.15) is 0 Å². The smallest absolute Gasteiger partial charge is 0.317 e. The molecule has 0 saturated heterocycles. The molecule has 0 heterocycles. The fraction of sp³-hybridized carbons (Fsp3) is 0.900. The molecular formula is C10H24N2O7. The molecule has 0 radical (unpaired) electrons. The maximum Gasteiger partial charge on any atom is 0.317 e. The minimum atomic E-state index is -0.952. The average molecular weight is 284 g/mol. The Bertz CT molecular complexity index is 196. The Hall–Kier alpha value is -0.810. The van der Waals surface area contributed by atoms with E-state index >= 15 is 0 Å². The second kappa shape index (κ2) is 15.2. The maximum atomic E-state index is 10.2.